The Hall–Kier alpha value is 0.219. The number of aliphatic hydroxyl groups is 1. The van der Waals surface area contributed by atoms with Crippen LogP contribution in [0.2, 0.25) is 13.3 Å². The van der Waals surface area contributed by atoms with Gasteiger partial charge in [-0.1, -0.05) is 0 Å². The van der Waals surface area contributed by atoms with Gasteiger partial charge in [0.1, 0.15) is 0 Å². The van der Waals surface area contributed by atoms with E-state index in [1.165, 1.54) is 80.9 Å². The molecular formula is C26H44O2S2Sn. The summed E-state index contributed by atoms with van der Waals surface area (Å²) in [6.45, 7) is 7.16. The number of aliphatic hydroxyl groups excluding tert-OH is 1. The third kappa shape index (κ3) is 7.89. The van der Waals surface area contributed by atoms with Crippen LogP contribution in [0, 0.1) is 0 Å². The zero-order valence-electron chi connectivity index (χ0n) is 20.3. The number of rotatable bonds is 14. The summed E-state index contributed by atoms with van der Waals surface area (Å²) in [5.41, 5.74) is 2.89. The van der Waals surface area contributed by atoms with Crippen molar-refractivity contribution in [2.45, 2.75) is 83.6 Å². The molecule has 1 aromatic rings. The maximum atomic E-state index is 10.2. The van der Waals surface area contributed by atoms with E-state index in [0.717, 1.165) is 5.75 Å². The predicted molar refractivity (Wildman–Crippen MR) is 145 cm³/mol. The molecule has 2 nitrogen and oxygen atoms in total. The Balaban J connectivity index is 2.61. The van der Waals surface area contributed by atoms with Crippen molar-refractivity contribution in [1.82, 2.24) is 0 Å². The van der Waals surface area contributed by atoms with Crippen molar-refractivity contribution < 1.29 is 9.84 Å². The summed E-state index contributed by atoms with van der Waals surface area (Å²) < 4.78 is 12.0. The van der Waals surface area contributed by atoms with E-state index >= 15 is 0 Å². The Labute approximate surface area is 204 Å². The molecule has 0 aliphatic carbocycles. The minimum atomic E-state index is -2.69. The van der Waals surface area contributed by atoms with Crippen LogP contribution in [0.5, 0.6) is 5.75 Å². The molecule has 31 heavy (non-hydrogen) atoms. The molecule has 0 spiro atoms. The first-order chi connectivity index (χ1) is 15.2. The van der Waals surface area contributed by atoms with Gasteiger partial charge in [0.25, 0.3) is 0 Å². The first-order valence-electron chi connectivity index (χ1n) is 12.4. The van der Waals surface area contributed by atoms with E-state index in [-0.39, 0.29) is 6.61 Å². The second kappa shape index (κ2) is 15.2. The van der Waals surface area contributed by atoms with Crippen molar-refractivity contribution in [2.24, 2.45) is 0 Å². The van der Waals surface area contributed by atoms with Crippen LogP contribution in [0.4, 0.5) is 0 Å². The van der Waals surface area contributed by atoms with E-state index in [2.05, 4.69) is 68.6 Å². The molecular weight excluding hydrogens is 527 g/mol. The fourth-order valence-electron chi connectivity index (χ4n) is 4.80. The zero-order chi connectivity index (χ0) is 22.5. The van der Waals surface area contributed by atoms with Crippen LogP contribution in [0.1, 0.15) is 81.4 Å². The third-order valence-corrected chi connectivity index (χ3v) is 25.3. The number of methoxy groups -OCH3 is 1. The Bertz CT molecular complexity index is 650. The quantitative estimate of drug-likeness (QED) is 0.228. The summed E-state index contributed by atoms with van der Waals surface area (Å²) in [7, 11) is 1.78. The second-order valence-corrected chi connectivity index (χ2v) is 24.6. The van der Waals surface area contributed by atoms with Crippen molar-refractivity contribution in [3.8, 4) is 5.75 Å². The van der Waals surface area contributed by atoms with Crippen LogP contribution in [0.25, 0.3) is 3.59 Å². The molecule has 0 atom stereocenters. The van der Waals surface area contributed by atoms with Crippen LogP contribution in [-0.4, -0.2) is 48.7 Å². The summed E-state index contributed by atoms with van der Waals surface area (Å²) in [4.78, 5) is 0. The first kappa shape index (κ1) is 27.5. The van der Waals surface area contributed by atoms with Gasteiger partial charge in [0.05, 0.1) is 0 Å². The van der Waals surface area contributed by atoms with Crippen molar-refractivity contribution in [1.29, 1.82) is 0 Å². The second-order valence-electron chi connectivity index (χ2n) is 8.77. The molecule has 0 bridgehead atoms. The number of hydrogen-bond donors (Lipinski definition) is 1. The average molecular weight is 571 g/mol. The van der Waals surface area contributed by atoms with E-state index in [1.54, 1.807) is 10.7 Å². The van der Waals surface area contributed by atoms with Gasteiger partial charge in [-0.3, -0.25) is 0 Å². The van der Waals surface area contributed by atoms with Crippen molar-refractivity contribution in [3.63, 3.8) is 0 Å². The summed E-state index contributed by atoms with van der Waals surface area (Å²) in [6, 6.07) is 6.78. The van der Waals surface area contributed by atoms with Crippen molar-refractivity contribution >= 4 is 45.5 Å². The topological polar surface area (TPSA) is 29.5 Å². The van der Waals surface area contributed by atoms with Crippen LogP contribution < -0.4 is 4.74 Å². The SMILES string of the molecule is CCC[CH2][Sn]([CH2]CCC)([CH2]CCC)/[C](=C/CO)c1ccc(OC)cc1C1SCCCS1. The van der Waals surface area contributed by atoms with Crippen LogP contribution in [-0.2, 0) is 0 Å². The monoisotopic (exact) mass is 572 g/mol. The Morgan fingerprint density at radius 2 is 1.61 bits per heavy atom. The molecule has 1 aliphatic heterocycles. The van der Waals surface area contributed by atoms with Crippen LogP contribution in [0.15, 0.2) is 24.3 Å². The first-order valence-corrected chi connectivity index (χ1v) is 22.0. The Morgan fingerprint density at radius 3 is 2.10 bits per heavy atom. The van der Waals surface area contributed by atoms with Gasteiger partial charge >= 0.3 is 205 Å². The molecule has 0 aromatic heterocycles. The normalized spacial score (nSPS) is 16.0. The van der Waals surface area contributed by atoms with Gasteiger partial charge in [-0.15, -0.1) is 0 Å². The van der Waals surface area contributed by atoms with Gasteiger partial charge in [0.15, 0.2) is 0 Å². The fourth-order valence-corrected chi connectivity index (χ4v) is 24.8. The molecule has 0 unspecified atom stereocenters. The van der Waals surface area contributed by atoms with Gasteiger partial charge in [-0.2, -0.15) is 0 Å². The maximum absolute atomic E-state index is 10.2. The molecule has 1 N–H and O–H groups in total. The number of unbranched alkanes of at least 4 members (excludes halogenated alkanes) is 3. The molecule has 1 heterocycles. The number of benzene rings is 1. The minimum absolute atomic E-state index is 0.162. The molecule has 2 rings (SSSR count). The van der Waals surface area contributed by atoms with E-state index in [4.69, 9.17) is 4.74 Å². The standard InChI is InChI=1S/C14H17O2S2.3C4H9.Sn/c1-16-12-6-5-11(4-2-7-15)13(10-12)14-17-8-3-9-18-14;3*1-3-4-2;/h2,5-6,10,14-15H,3,7-9H2,1H3;3*1,3-4H2,2H3;. The molecule has 1 fully saturated rings. The Morgan fingerprint density at radius 1 is 1.03 bits per heavy atom. The molecule has 0 amide bonds. The predicted octanol–water partition coefficient (Wildman–Crippen LogP) is 8.33. The van der Waals surface area contributed by atoms with Gasteiger partial charge in [0, 0.05) is 0 Å². The zero-order valence-corrected chi connectivity index (χ0v) is 24.7. The van der Waals surface area contributed by atoms with E-state index in [9.17, 15) is 5.11 Å². The molecule has 5 heteroatoms. The van der Waals surface area contributed by atoms with Gasteiger partial charge in [-0.05, 0) is 0 Å². The number of ether oxygens (including phenoxy) is 1. The van der Waals surface area contributed by atoms with Gasteiger partial charge in [0.2, 0.25) is 0 Å². The van der Waals surface area contributed by atoms with Crippen molar-refractivity contribution in [2.75, 3.05) is 25.2 Å². The number of thioether (sulfide) groups is 2. The number of hydrogen-bond acceptors (Lipinski definition) is 4. The van der Waals surface area contributed by atoms with Crippen molar-refractivity contribution in [3.05, 3.63) is 35.4 Å². The van der Waals surface area contributed by atoms with E-state index < -0.39 is 18.4 Å². The molecule has 0 saturated carbocycles. The third-order valence-electron chi connectivity index (χ3n) is 6.52. The van der Waals surface area contributed by atoms with E-state index in [1.807, 2.05) is 0 Å². The Kier molecular flexibility index (Phi) is 13.5. The molecule has 0 radical (unpaired) electrons. The van der Waals surface area contributed by atoms with E-state index in [0.29, 0.717) is 4.58 Å². The molecule has 1 saturated heterocycles. The van der Waals surface area contributed by atoms with Gasteiger partial charge in [-0.25, -0.2) is 0 Å². The van der Waals surface area contributed by atoms with Gasteiger partial charge < -0.3 is 0 Å². The van der Waals surface area contributed by atoms with Crippen LogP contribution in [0.3, 0.4) is 0 Å². The van der Waals surface area contributed by atoms with Crippen LogP contribution >= 0.6 is 23.5 Å². The summed E-state index contributed by atoms with van der Waals surface area (Å²) in [6.07, 6.45) is 11.4. The molecule has 176 valence electrons. The summed E-state index contributed by atoms with van der Waals surface area (Å²) in [5, 5.41) is 10.2. The summed E-state index contributed by atoms with van der Waals surface area (Å²) in [5.74, 6) is 3.44. The fraction of sp³-hybridized carbons (Fsp3) is 0.692. The average Bonchev–Trinajstić information content (AvgIpc) is 2.83. The molecule has 1 aliphatic rings. The summed E-state index contributed by atoms with van der Waals surface area (Å²) >= 11 is 1.49. The molecule has 1 aromatic carbocycles.